The number of hydrogen-bond acceptors (Lipinski definition) is 2. The van der Waals surface area contributed by atoms with Crippen molar-refractivity contribution in [3.05, 3.63) is 35.9 Å². The van der Waals surface area contributed by atoms with E-state index in [0.29, 0.717) is 12.1 Å². The highest BCUT2D eigenvalue weighted by Crippen LogP contribution is 2.20. The van der Waals surface area contributed by atoms with E-state index in [2.05, 4.69) is 42.6 Å². The quantitative estimate of drug-likeness (QED) is 0.842. The van der Waals surface area contributed by atoms with E-state index in [1.165, 1.54) is 31.2 Å². The Kier molecular flexibility index (Phi) is 5.02. The number of benzene rings is 1. The lowest BCUT2D eigenvalue weighted by Crippen LogP contribution is -2.39. The minimum atomic E-state index is 0.480. The van der Waals surface area contributed by atoms with Crippen molar-refractivity contribution in [2.75, 3.05) is 13.2 Å². The van der Waals surface area contributed by atoms with E-state index in [-0.39, 0.29) is 0 Å². The van der Waals surface area contributed by atoms with E-state index in [1.54, 1.807) is 0 Å². The van der Waals surface area contributed by atoms with Crippen molar-refractivity contribution >= 4 is 0 Å². The molecule has 2 heteroatoms. The van der Waals surface area contributed by atoms with Gasteiger partial charge in [0, 0.05) is 18.7 Å². The highest BCUT2D eigenvalue weighted by Gasteiger charge is 2.18. The molecule has 1 aliphatic heterocycles. The zero-order valence-corrected chi connectivity index (χ0v) is 10.7. The lowest BCUT2D eigenvalue weighted by Gasteiger charge is -2.28. The molecule has 1 aromatic carbocycles. The van der Waals surface area contributed by atoms with Crippen LogP contribution >= 0.6 is 0 Å². The minimum absolute atomic E-state index is 0.480. The second-order valence-corrected chi connectivity index (χ2v) is 4.83. The van der Waals surface area contributed by atoms with Crippen LogP contribution in [0.1, 0.15) is 44.2 Å². The third kappa shape index (κ3) is 3.83. The summed E-state index contributed by atoms with van der Waals surface area (Å²) in [6, 6.07) is 11.8. The molecule has 1 aliphatic rings. The molecule has 0 amide bonds. The second-order valence-electron chi connectivity index (χ2n) is 4.83. The van der Waals surface area contributed by atoms with Gasteiger partial charge < -0.3 is 10.1 Å². The molecule has 0 bridgehead atoms. The third-order valence-corrected chi connectivity index (χ3v) is 3.38. The Morgan fingerprint density at radius 1 is 1.35 bits per heavy atom. The van der Waals surface area contributed by atoms with E-state index in [1.807, 2.05) is 0 Å². The third-order valence-electron chi connectivity index (χ3n) is 3.38. The van der Waals surface area contributed by atoms with Gasteiger partial charge in [-0.05, 0) is 24.8 Å². The standard InChI is InChI=1S/C15H23NO/c1-2-7-15(13-8-4-3-5-9-13)16-14-10-6-11-17-12-14/h3-5,8-9,14-16H,2,6-7,10-12H2,1H3. The average molecular weight is 233 g/mol. The Labute approximate surface area is 104 Å². The first kappa shape index (κ1) is 12.6. The predicted octanol–water partition coefficient (Wildman–Crippen LogP) is 3.30. The summed E-state index contributed by atoms with van der Waals surface area (Å²) in [5, 5.41) is 3.75. The van der Waals surface area contributed by atoms with Gasteiger partial charge in [0.2, 0.25) is 0 Å². The maximum Gasteiger partial charge on any atom is 0.0619 e. The molecule has 0 aliphatic carbocycles. The minimum Gasteiger partial charge on any atom is -0.380 e. The lowest BCUT2D eigenvalue weighted by atomic mass is 10.00. The summed E-state index contributed by atoms with van der Waals surface area (Å²) < 4.78 is 5.53. The number of hydrogen-bond donors (Lipinski definition) is 1. The van der Waals surface area contributed by atoms with Gasteiger partial charge in [0.15, 0.2) is 0 Å². The van der Waals surface area contributed by atoms with Crippen LogP contribution in [0.2, 0.25) is 0 Å². The van der Waals surface area contributed by atoms with Crippen LogP contribution in [0.25, 0.3) is 0 Å². The topological polar surface area (TPSA) is 21.3 Å². The fraction of sp³-hybridized carbons (Fsp3) is 0.600. The van der Waals surface area contributed by atoms with Gasteiger partial charge in [-0.25, -0.2) is 0 Å². The first-order chi connectivity index (χ1) is 8.40. The van der Waals surface area contributed by atoms with Gasteiger partial charge in [0.1, 0.15) is 0 Å². The van der Waals surface area contributed by atoms with Gasteiger partial charge in [-0.3, -0.25) is 0 Å². The molecule has 0 saturated carbocycles. The predicted molar refractivity (Wildman–Crippen MR) is 71.1 cm³/mol. The van der Waals surface area contributed by atoms with Crippen LogP contribution in [0, 0.1) is 0 Å². The molecule has 1 heterocycles. The fourth-order valence-electron chi connectivity index (χ4n) is 2.48. The summed E-state index contributed by atoms with van der Waals surface area (Å²) in [5.74, 6) is 0. The molecule has 94 valence electrons. The Balaban J connectivity index is 1.96. The molecule has 2 nitrogen and oxygen atoms in total. The van der Waals surface area contributed by atoms with E-state index < -0.39 is 0 Å². The normalized spacial score (nSPS) is 22.3. The fourth-order valence-corrected chi connectivity index (χ4v) is 2.48. The van der Waals surface area contributed by atoms with Crippen LogP contribution in [-0.2, 0) is 4.74 Å². The van der Waals surface area contributed by atoms with Gasteiger partial charge >= 0.3 is 0 Å². The van der Waals surface area contributed by atoms with E-state index >= 15 is 0 Å². The van der Waals surface area contributed by atoms with Crippen molar-refractivity contribution in [1.82, 2.24) is 5.32 Å². The van der Waals surface area contributed by atoms with Gasteiger partial charge in [0.25, 0.3) is 0 Å². The van der Waals surface area contributed by atoms with Crippen LogP contribution in [0.4, 0.5) is 0 Å². The lowest BCUT2D eigenvalue weighted by molar-refractivity contribution is 0.0658. The summed E-state index contributed by atoms with van der Waals surface area (Å²) in [7, 11) is 0. The number of ether oxygens (including phenoxy) is 1. The zero-order valence-electron chi connectivity index (χ0n) is 10.7. The van der Waals surface area contributed by atoms with Crippen molar-refractivity contribution in [2.24, 2.45) is 0 Å². The van der Waals surface area contributed by atoms with Gasteiger partial charge in [-0.1, -0.05) is 43.7 Å². The SMILES string of the molecule is CCCC(NC1CCCOC1)c1ccccc1. The number of rotatable bonds is 5. The Morgan fingerprint density at radius 2 is 2.18 bits per heavy atom. The van der Waals surface area contributed by atoms with E-state index in [4.69, 9.17) is 4.74 Å². The molecule has 17 heavy (non-hydrogen) atoms. The first-order valence-corrected chi connectivity index (χ1v) is 6.79. The second kappa shape index (κ2) is 6.77. The van der Waals surface area contributed by atoms with Crippen molar-refractivity contribution in [2.45, 2.75) is 44.7 Å². The van der Waals surface area contributed by atoms with Crippen molar-refractivity contribution in [1.29, 1.82) is 0 Å². The molecule has 0 aromatic heterocycles. The van der Waals surface area contributed by atoms with E-state index in [9.17, 15) is 0 Å². The van der Waals surface area contributed by atoms with Gasteiger partial charge in [0.05, 0.1) is 6.61 Å². The Bertz CT molecular complexity index is 306. The summed E-state index contributed by atoms with van der Waals surface area (Å²) in [5.41, 5.74) is 1.40. The Morgan fingerprint density at radius 3 is 2.82 bits per heavy atom. The van der Waals surface area contributed by atoms with Crippen LogP contribution in [0.3, 0.4) is 0 Å². The molecular formula is C15H23NO. The number of nitrogens with one attached hydrogen (secondary N) is 1. The van der Waals surface area contributed by atoms with Crippen LogP contribution < -0.4 is 5.32 Å². The van der Waals surface area contributed by atoms with Crippen LogP contribution in [0.15, 0.2) is 30.3 Å². The molecule has 2 rings (SSSR count). The molecule has 1 saturated heterocycles. The monoisotopic (exact) mass is 233 g/mol. The molecular weight excluding hydrogens is 210 g/mol. The highest BCUT2D eigenvalue weighted by atomic mass is 16.5. The summed E-state index contributed by atoms with van der Waals surface area (Å²) in [6.07, 6.45) is 4.83. The molecule has 1 fully saturated rings. The maximum atomic E-state index is 5.53. The van der Waals surface area contributed by atoms with Crippen LogP contribution in [0.5, 0.6) is 0 Å². The van der Waals surface area contributed by atoms with E-state index in [0.717, 1.165) is 13.2 Å². The molecule has 1 aromatic rings. The molecule has 0 spiro atoms. The average Bonchev–Trinajstić information content (AvgIpc) is 2.40. The molecule has 0 radical (unpaired) electrons. The molecule has 1 N–H and O–H groups in total. The highest BCUT2D eigenvalue weighted by molar-refractivity contribution is 5.19. The summed E-state index contributed by atoms with van der Waals surface area (Å²) in [4.78, 5) is 0. The Hall–Kier alpha value is -0.860. The van der Waals surface area contributed by atoms with Crippen LogP contribution in [-0.4, -0.2) is 19.3 Å². The summed E-state index contributed by atoms with van der Waals surface area (Å²) >= 11 is 0. The van der Waals surface area contributed by atoms with Crippen molar-refractivity contribution in [3.8, 4) is 0 Å². The van der Waals surface area contributed by atoms with Crippen molar-refractivity contribution < 1.29 is 4.74 Å². The van der Waals surface area contributed by atoms with Gasteiger partial charge in [-0.2, -0.15) is 0 Å². The first-order valence-electron chi connectivity index (χ1n) is 6.79. The maximum absolute atomic E-state index is 5.53. The largest absolute Gasteiger partial charge is 0.380 e. The summed E-state index contributed by atoms with van der Waals surface area (Å²) in [6.45, 7) is 4.05. The molecule has 2 atom stereocenters. The van der Waals surface area contributed by atoms with Gasteiger partial charge in [-0.15, -0.1) is 0 Å². The zero-order chi connectivity index (χ0) is 11.9. The smallest absolute Gasteiger partial charge is 0.0619 e. The molecule has 2 unspecified atom stereocenters. The van der Waals surface area contributed by atoms with Crippen molar-refractivity contribution in [3.63, 3.8) is 0 Å².